The third-order valence-electron chi connectivity index (χ3n) is 11.7. The molecule has 0 amide bonds. The number of halogens is 2. The van der Waals surface area contributed by atoms with Gasteiger partial charge in [0.1, 0.15) is 0 Å². The van der Waals surface area contributed by atoms with Gasteiger partial charge in [-0.15, -0.1) is 24.8 Å². The fourth-order valence-electron chi connectivity index (χ4n) is 8.97. The maximum absolute atomic E-state index is 2.95. The molecular weight excluding hydrogens is 802 g/mol. The summed E-state index contributed by atoms with van der Waals surface area (Å²) in [6.07, 6.45) is 13.0. The fraction of sp³-hybridized carbons (Fsp3) is 0.391. The number of rotatable bonds is 12. The number of hydrogen-bond donors (Lipinski definition) is 0. The summed E-state index contributed by atoms with van der Waals surface area (Å²) >= 11 is -2.95. The third-order valence-corrected chi connectivity index (χ3v) is 30.8. The van der Waals surface area contributed by atoms with Crippen molar-refractivity contribution in [2.75, 3.05) is 0 Å². The van der Waals surface area contributed by atoms with E-state index < -0.39 is 20.0 Å². The van der Waals surface area contributed by atoms with Gasteiger partial charge in [-0.05, 0) is 0 Å². The van der Waals surface area contributed by atoms with Crippen LogP contribution in [0.4, 0.5) is 0 Å². The summed E-state index contributed by atoms with van der Waals surface area (Å²) in [7, 11) is 0. The van der Waals surface area contributed by atoms with E-state index in [0.717, 1.165) is 0 Å². The molecule has 1 heterocycles. The molecule has 0 saturated carbocycles. The van der Waals surface area contributed by atoms with Crippen LogP contribution in [0.2, 0.25) is 8.35 Å². The van der Waals surface area contributed by atoms with Gasteiger partial charge in [-0.3, -0.25) is 0 Å². The zero-order chi connectivity index (χ0) is 32.7. The number of benzene rings is 4. The summed E-state index contributed by atoms with van der Waals surface area (Å²) in [5.41, 5.74) is 18.5. The molecule has 2 aliphatic carbocycles. The van der Waals surface area contributed by atoms with Gasteiger partial charge in [0.05, 0.1) is 0 Å². The number of hydrogen-bond acceptors (Lipinski definition) is 0. The second kappa shape index (κ2) is 16.0. The maximum atomic E-state index is 2.69. The minimum Gasteiger partial charge on any atom is -0.147 e. The van der Waals surface area contributed by atoms with Crippen molar-refractivity contribution in [1.29, 1.82) is 0 Å². The van der Waals surface area contributed by atoms with Crippen molar-refractivity contribution in [1.82, 2.24) is 0 Å². The van der Waals surface area contributed by atoms with E-state index in [1.807, 2.05) is 0 Å². The first-order valence-electron chi connectivity index (χ1n) is 18.7. The average Bonchev–Trinajstić information content (AvgIpc) is 3.63. The molecule has 0 radical (unpaired) electrons. The van der Waals surface area contributed by atoms with E-state index in [1.165, 1.54) is 80.3 Å². The zero-order valence-electron chi connectivity index (χ0n) is 30.5. The predicted molar refractivity (Wildman–Crippen MR) is 217 cm³/mol. The minimum atomic E-state index is -2.95. The van der Waals surface area contributed by atoms with Gasteiger partial charge in [-0.25, -0.2) is 0 Å². The van der Waals surface area contributed by atoms with Crippen molar-refractivity contribution in [3.8, 4) is 22.3 Å². The van der Waals surface area contributed by atoms with Crippen LogP contribution in [0.15, 0.2) is 96.1 Å². The van der Waals surface area contributed by atoms with Crippen LogP contribution in [0.25, 0.3) is 34.4 Å². The molecule has 3 aliphatic rings. The summed E-state index contributed by atoms with van der Waals surface area (Å²) in [5.74, 6) is 1.12. The standard InChI is InChI=1S/2C22H25.C2H4.2ClH.Hf/c2*1-4-5-7-17-14-20-8-6-9-21(22(20)15-17)19-12-10-18(11-13-19)16(2)3;1-2;;;/h2*6,8-16H,4-5,7H2,1-3H3;1-2H2;2*1H;. The molecule has 49 heavy (non-hydrogen) atoms. The SMILES string of the molecule is CCCCC1=Cc2c(-c3ccc(C(C)C)cc3)cccc2[CH]1[Hf]1([CH]2C(CCCC)=Cc3c(-c4ccc(C(C)C)cc4)cccc32)[CH2][CH2]1.Cl.Cl. The number of allylic oxidation sites excluding steroid dienone is 2. The summed E-state index contributed by atoms with van der Waals surface area (Å²) in [5, 5.41) is 0. The van der Waals surface area contributed by atoms with Gasteiger partial charge in [0.2, 0.25) is 0 Å². The molecule has 3 heteroatoms. The summed E-state index contributed by atoms with van der Waals surface area (Å²) in [6.45, 7) is 13.9. The molecule has 0 nitrogen and oxygen atoms in total. The Morgan fingerprint density at radius 3 is 1.27 bits per heavy atom. The van der Waals surface area contributed by atoms with Crippen LogP contribution in [0, 0.1) is 0 Å². The Bertz CT molecular complexity index is 1670. The van der Waals surface area contributed by atoms with E-state index in [1.54, 1.807) is 33.4 Å². The quantitative estimate of drug-likeness (QED) is 0.125. The van der Waals surface area contributed by atoms with E-state index in [0.29, 0.717) is 19.2 Å². The van der Waals surface area contributed by atoms with Gasteiger partial charge in [-0.2, -0.15) is 0 Å². The molecule has 0 bridgehead atoms. The Hall–Kier alpha value is -2.19. The van der Waals surface area contributed by atoms with Gasteiger partial charge in [0, 0.05) is 0 Å². The van der Waals surface area contributed by atoms with E-state index in [4.69, 9.17) is 0 Å². The van der Waals surface area contributed by atoms with Gasteiger partial charge >= 0.3 is 291 Å². The van der Waals surface area contributed by atoms with Crippen molar-refractivity contribution in [3.63, 3.8) is 0 Å². The first-order chi connectivity index (χ1) is 22.9. The Balaban J connectivity index is 0.00000234. The van der Waals surface area contributed by atoms with Crippen LogP contribution in [0.3, 0.4) is 0 Å². The van der Waals surface area contributed by atoms with Crippen molar-refractivity contribution in [2.45, 2.75) is 108 Å². The zero-order valence-corrected chi connectivity index (χ0v) is 35.7. The molecule has 1 saturated heterocycles. The van der Waals surface area contributed by atoms with Crippen molar-refractivity contribution < 1.29 is 20.0 Å². The maximum Gasteiger partial charge on any atom is -0.147 e. The van der Waals surface area contributed by atoms with Crippen LogP contribution < -0.4 is 0 Å². The first-order valence-corrected chi connectivity index (χ1v) is 28.0. The predicted octanol–water partition coefficient (Wildman–Crippen LogP) is 15.1. The van der Waals surface area contributed by atoms with Gasteiger partial charge < -0.3 is 0 Å². The Kier molecular flexibility index (Phi) is 12.4. The van der Waals surface area contributed by atoms with E-state index in [-0.39, 0.29) is 24.8 Å². The molecule has 0 aromatic heterocycles. The van der Waals surface area contributed by atoms with Crippen LogP contribution in [-0.4, -0.2) is 0 Å². The first kappa shape index (κ1) is 38.1. The second-order valence-electron chi connectivity index (χ2n) is 15.4. The number of unbranched alkanes of at least 4 members (excludes halogenated alkanes) is 2. The number of fused-ring (bicyclic) bond motifs is 2. The van der Waals surface area contributed by atoms with E-state index >= 15 is 0 Å². The molecule has 1 aliphatic heterocycles. The van der Waals surface area contributed by atoms with E-state index in [9.17, 15) is 0 Å². The largest absolute Gasteiger partial charge is 0.147 e. The normalized spacial score (nSPS) is 18.4. The van der Waals surface area contributed by atoms with Gasteiger partial charge in [0.15, 0.2) is 0 Å². The van der Waals surface area contributed by atoms with Crippen LogP contribution >= 0.6 is 24.8 Å². The Labute approximate surface area is 314 Å². The molecule has 258 valence electrons. The van der Waals surface area contributed by atoms with E-state index in [2.05, 4.69) is 139 Å². The topological polar surface area (TPSA) is 0 Å². The average molecular weight is 858 g/mol. The van der Waals surface area contributed by atoms with Crippen LogP contribution in [0.1, 0.15) is 133 Å². The summed E-state index contributed by atoms with van der Waals surface area (Å²) in [4.78, 5) is 0. The summed E-state index contributed by atoms with van der Waals surface area (Å²) < 4.78 is 4.51. The van der Waals surface area contributed by atoms with Crippen molar-refractivity contribution >= 4 is 37.0 Å². The minimum absolute atomic E-state index is 0. The Morgan fingerprint density at radius 2 is 0.939 bits per heavy atom. The van der Waals surface area contributed by atoms with Crippen molar-refractivity contribution in [3.05, 3.63) is 129 Å². The fourth-order valence-corrected chi connectivity index (χ4v) is 37.0. The molecule has 1 fully saturated rings. The van der Waals surface area contributed by atoms with Gasteiger partial charge in [-0.1, -0.05) is 0 Å². The molecule has 4 aromatic rings. The molecule has 0 N–H and O–H groups in total. The molecular formula is C46H56Cl2Hf. The molecule has 4 aromatic carbocycles. The van der Waals surface area contributed by atoms with Crippen LogP contribution in [-0.2, 0) is 20.0 Å². The monoisotopic (exact) mass is 858 g/mol. The van der Waals surface area contributed by atoms with Crippen molar-refractivity contribution in [2.24, 2.45) is 0 Å². The smallest absolute Gasteiger partial charge is 0.147 e. The second-order valence-corrected chi connectivity index (χ2v) is 32.0. The summed E-state index contributed by atoms with van der Waals surface area (Å²) in [6, 6.07) is 33.6. The van der Waals surface area contributed by atoms with Gasteiger partial charge in [0.25, 0.3) is 0 Å². The molecule has 2 atom stereocenters. The molecule has 7 rings (SSSR count). The Morgan fingerprint density at radius 1 is 0.551 bits per heavy atom. The molecule has 2 unspecified atom stereocenters. The third kappa shape index (κ3) is 7.16. The molecule has 0 spiro atoms. The van der Waals surface area contributed by atoms with Crippen LogP contribution in [0.5, 0.6) is 0 Å².